The van der Waals surface area contributed by atoms with E-state index in [-0.39, 0.29) is 23.7 Å². The summed E-state index contributed by atoms with van der Waals surface area (Å²) in [4.78, 5) is 39.5. The number of benzene rings is 2. The molecule has 7 nitrogen and oxygen atoms in total. The topological polar surface area (TPSA) is 84.9 Å². The fraction of sp³-hybridized carbons (Fsp3) is 0.345. The van der Waals surface area contributed by atoms with Crippen molar-refractivity contribution in [3.05, 3.63) is 76.8 Å². The van der Waals surface area contributed by atoms with Gasteiger partial charge in [0.05, 0.1) is 23.8 Å². The van der Waals surface area contributed by atoms with Crippen LogP contribution in [0.25, 0.3) is 11.1 Å². The van der Waals surface area contributed by atoms with Crippen molar-refractivity contribution in [3.8, 4) is 0 Å². The molecule has 0 aliphatic carbocycles. The van der Waals surface area contributed by atoms with Crippen molar-refractivity contribution in [1.29, 1.82) is 0 Å². The number of esters is 1. The van der Waals surface area contributed by atoms with Gasteiger partial charge in [0.25, 0.3) is 11.8 Å². The number of piperidine rings is 1. The van der Waals surface area contributed by atoms with Gasteiger partial charge in [-0.15, -0.1) is 0 Å². The van der Waals surface area contributed by atoms with Gasteiger partial charge in [0.2, 0.25) is 0 Å². The van der Waals surface area contributed by atoms with Crippen LogP contribution in [0.15, 0.2) is 54.3 Å². The summed E-state index contributed by atoms with van der Waals surface area (Å²) < 4.78 is 24.9. The molecule has 1 N–H and O–H groups in total. The number of halogens is 1. The van der Waals surface area contributed by atoms with E-state index in [1.807, 2.05) is 32.1 Å². The minimum atomic E-state index is -0.716. The van der Waals surface area contributed by atoms with Crippen LogP contribution in [0.2, 0.25) is 0 Å². The fourth-order valence-corrected chi connectivity index (χ4v) is 5.16. The number of fused-ring (bicyclic) bond motifs is 1. The molecule has 5 rings (SSSR count). The largest absolute Gasteiger partial charge is 0.482 e. The molecule has 0 spiro atoms. The van der Waals surface area contributed by atoms with Gasteiger partial charge < -0.3 is 19.7 Å². The van der Waals surface area contributed by atoms with Crippen LogP contribution in [0.1, 0.15) is 55.1 Å². The number of carbonyl (C=O) groups excluding carboxylic acids is 3. The number of hydrogen-bond acceptors (Lipinski definition) is 5. The third-order valence-electron chi connectivity index (χ3n) is 7.11. The highest BCUT2D eigenvalue weighted by molar-refractivity contribution is 6.32. The lowest BCUT2D eigenvalue weighted by molar-refractivity contribution is -0.149. The predicted molar refractivity (Wildman–Crippen MR) is 137 cm³/mol. The first kappa shape index (κ1) is 24.7. The van der Waals surface area contributed by atoms with Gasteiger partial charge in [-0.2, -0.15) is 0 Å². The molecule has 0 bridgehead atoms. The average Bonchev–Trinajstić information content (AvgIpc) is 3.37. The average molecular weight is 505 g/mol. The molecule has 8 heteroatoms. The Hall–Kier alpha value is -3.94. The van der Waals surface area contributed by atoms with Gasteiger partial charge in [0, 0.05) is 29.8 Å². The summed E-state index contributed by atoms with van der Waals surface area (Å²) in [6.07, 6.45) is 3.04. The zero-order valence-electron chi connectivity index (χ0n) is 21.1. The Labute approximate surface area is 214 Å². The van der Waals surface area contributed by atoms with Crippen LogP contribution < -0.4 is 5.32 Å². The minimum Gasteiger partial charge on any atom is -0.482 e. The molecule has 0 aromatic heterocycles. The maximum absolute atomic E-state index is 13.6. The third kappa shape index (κ3) is 4.63. The summed E-state index contributed by atoms with van der Waals surface area (Å²) in [6, 6.07) is 11.5. The highest BCUT2D eigenvalue weighted by Crippen LogP contribution is 2.44. The lowest BCUT2D eigenvalue weighted by Crippen LogP contribution is -2.40. The monoisotopic (exact) mass is 504 g/mol. The summed E-state index contributed by atoms with van der Waals surface area (Å²) in [5.74, 6) is -0.747. The van der Waals surface area contributed by atoms with Crippen molar-refractivity contribution in [2.24, 2.45) is 5.92 Å². The number of anilines is 1. The first-order valence-corrected chi connectivity index (χ1v) is 12.5. The van der Waals surface area contributed by atoms with Crippen LogP contribution in [0.3, 0.4) is 0 Å². The lowest BCUT2D eigenvalue weighted by atomic mass is 9.91. The van der Waals surface area contributed by atoms with Gasteiger partial charge in [-0.05, 0) is 75.6 Å². The molecule has 2 amide bonds. The molecule has 3 aliphatic rings. The van der Waals surface area contributed by atoms with Crippen LogP contribution in [-0.4, -0.2) is 48.0 Å². The Morgan fingerprint density at radius 2 is 1.84 bits per heavy atom. The molecule has 2 aromatic rings. The molecular weight excluding hydrogens is 475 g/mol. The van der Waals surface area contributed by atoms with Crippen molar-refractivity contribution in [2.75, 3.05) is 25.0 Å². The number of nitrogens with zero attached hydrogens (tertiary/aromatic N) is 1. The number of likely N-dealkylation sites (tertiary alicyclic amines) is 1. The van der Waals surface area contributed by atoms with Gasteiger partial charge in [-0.3, -0.25) is 14.4 Å². The number of hydrogen-bond donors (Lipinski definition) is 1. The van der Waals surface area contributed by atoms with Crippen molar-refractivity contribution >= 4 is 34.6 Å². The van der Waals surface area contributed by atoms with Gasteiger partial charge >= 0.3 is 5.97 Å². The molecule has 1 saturated heterocycles. The molecule has 3 aliphatic heterocycles. The van der Waals surface area contributed by atoms with E-state index in [9.17, 15) is 18.8 Å². The van der Waals surface area contributed by atoms with Crippen LogP contribution in [0, 0.1) is 11.7 Å². The van der Waals surface area contributed by atoms with Crippen LogP contribution >= 0.6 is 0 Å². The molecule has 3 heterocycles. The summed E-state index contributed by atoms with van der Waals surface area (Å²) in [7, 11) is 0. The van der Waals surface area contributed by atoms with Crippen LogP contribution in [0.5, 0.6) is 0 Å². The van der Waals surface area contributed by atoms with Crippen molar-refractivity contribution < 1.29 is 28.2 Å². The Bertz CT molecular complexity index is 1330. The summed E-state index contributed by atoms with van der Waals surface area (Å²) in [6.45, 7) is 7.01. The quantitative estimate of drug-likeness (QED) is 0.478. The van der Waals surface area contributed by atoms with Crippen molar-refractivity contribution in [2.45, 2.75) is 39.2 Å². The van der Waals surface area contributed by atoms with E-state index in [1.54, 1.807) is 30.0 Å². The number of amides is 2. The Balaban J connectivity index is 1.35. The minimum absolute atomic E-state index is 0.0703. The van der Waals surface area contributed by atoms with Gasteiger partial charge in [-0.25, -0.2) is 4.39 Å². The molecule has 2 aromatic carbocycles. The summed E-state index contributed by atoms with van der Waals surface area (Å²) in [5, 5.41) is 2.70. The molecule has 0 radical (unpaired) electrons. The SMILES string of the molecule is CCOC(=O)C1CCN(C(=O)c2ccc(C3=CC(=C4C(=O)Nc5cc(F)ccc54)OC3(C)C)cc2)CC1. The highest BCUT2D eigenvalue weighted by atomic mass is 19.1. The molecule has 0 unspecified atom stereocenters. The third-order valence-corrected chi connectivity index (χ3v) is 7.11. The van der Waals surface area contributed by atoms with Crippen molar-refractivity contribution in [1.82, 2.24) is 4.90 Å². The smallest absolute Gasteiger partial charge is 0.309 e. The second kappa shape index (κ2) is 9.50. The van der Waals surface area contributed by atoms with E-state index >= 15 is 0 Å². The van der Waals surface area contributed by atoms with E-state index < -0.39 is 11.4 Å². The summed E-state index contributed by atoms with van der Waals surface area (Å²) >= 11 is 0. The van der Waals surface area contributed by atoms with Crippen LogP contribution in [0.4, 0.5) is 10.1 Å². The Kier molecular flexibility index (Phi) is 6.35. The number of ether oxygens (including phenoxy) is 2. The maximum Gasteiger partial charge on any atom is 0.309 e. The summed E-state index contributed by atoms with van der Waals surface area (Å²) in [5.41, 5.74) is 2.98. The van der Waals surface area contributed by atoms with Gasteiger partial charge in [0.1, 0.15) is 17.2 Å². The Morgan fingerprint density at radius 1 is 1.14 bits per heavy atom. The Morgan fingerprint density at radius 3 is 2.51 bits per heavy atom. The molecule has 192 valence electrons. The number of allylic oxidation sites excluding steroid dienone is 1. The van der Waals surface area contributed by atoms with E-state index in [0.29, 0.717) is 60.7 Å². The van der Waals surface area contributed by atoms with Crippen molar-refractivity contribution in [3.63, 3.8) is 0 Å². The van der Waals surface area contributed by atoms with E-state index in [0.717, 1.165) is 11.1 Å². The molecule has 0 atom stereocenters. The second-order valence-corrected chi connectivity index (χ2v) is 9.95. The first-order chi connectivity index (χ1) is 17.7. The number of nitrogens with one attached hydrogen (secondary N) is 1. The number of carbonyl (C=O) groups is 3. The normalized spacial score (nSPS) is 20.7. The van der Waals surface area contributed by atoms with Crippen LogP contribution in [-0.2, 0) is 19.1 Å². The lowest BCUT2D eigenvalue weighted by Gasteiger charge is -2.31. The predicted octanol–water partition coefficient (Wildman–Crippen LogP) is 4.80. The molecule has 1 fully saturated rings. The van der Waals surface area contributed by atoms with E-state index in [1.165, 1.54) is 12.1 Å². The molecular formula is C29H29FN2O5. The highest BCUT2D eigenvalue weighted by Gasteiger charge is 2.38. The second-order valence-electron chi connectivity index (χ2n) is 9.95. The van der Waals surface area contributed by atoms with E-state index in [2.05, 4.69) is 5.32 Å². The molecule has 0 saturated carbocycles. The maximum atomic E-state index is 13.6. The first-order valence-electron chi connectivity index (χ1n) is 12.5. The zero-order valence-corrected chi connectivity index (χ0v) is 21.1. The molecule has 37 heavy (non-hydrogen) atoms. The zero-order chi connectivity index (χ0) is 26.3. The van der Waals surface area contributed by atoms with Gasteiger partial charge in [-0.1, -0.05) is 12.1 Å². The van der Waals surface area contributed by atoms with E-state index in [4.69, 9.17) is 9.47 Å². The standard InChI is InChI=1S/C29H29FN2O5/c1-4-36-28(35)19-11-13-32(14-12-19)27(34)18-7-5-17(6-8-18)22-16-24(37-29(22,2)3)25-21-10-9-20(30)15-23(21)31-26(25)33/h5-10,15-16,19H,4,11-14H2,1-3H3,(H,31,33). The van der Waals surface area contributed by atoms with Gasteiger partial charge in [0.15, 0.2) is 0 Å². The fourth-order valence-electron chi connectivity index (χ4n) is 5.16. The number of rotatable bonds is 4.